The normalized spacial score (nSPS) is 14.4. The number of phenolic OH excluding ortho intramolecular Hbond substituents is 1. The summed E-state index contributed by atoms with van der Waals surface area (Å²) in [6, 6.07) is 11.3. The van der Waals surface area contributed by atoms with Crippen LogP contribution in [0.15, 0.2) is 48.0 Å². The number of hydrogen-bond acceptors (Lipinski definition) is 8. The molecule has 0 saturated carbocycles. The van der Waals surface area contributed by atoms with E-state index in [1.807, 2.05) is 6.07 Å². The predicted molar refractivity (Wildman–Crippen MR) is 131 cm³/mol. The average molecular weight is 510 g/mol. The molecule has 0 atom stereocenters. The van der Waals surface area contributed by atoms with Gasteiger partial charge in [-0.05, 0) is 48.7 Å². The summed E-state index contributed by atoms with van der Waals surface area (Å²) in [7, 11) is 0. The highest BCUT2D eigenvalue weighted by Gasteiger charge is 2.27. The molecular formula is C25H21F2N5O3S. The number of aromatic nitrogens is 1. The molecule has 3 aromatic rings. The van der Waals surface area contributed by atoms with E-state index in [-0.39, 0.29) is 28.1 Å². The summed E-state index contributed by atoms with van der Waals surface area (Å²) in [5.74, 6) is -3.33. The van der Waals surface area contributed by atoms with Crippen LogP contribution in [-0.2, 0) is 4.79 Å². The number of benzene rings is 2. The topological polar surface area (TPSA) is 132 Å². The van der Waals surface area contributed by atoms with Crippen LogP contribution < -0.4 is 11.1 Å². The molecule has 1 amide bonds. The lowest BCUT2D eigenvalue weighted by Gasteiger charge is -2.32. The molecule has 2 aromatic carbocycles. The van der Waals surface area contributed by atoms with Gasteiger partial charge in [-0.1, -0.05) is 29.5 Å². The second-order valence-corrected chi connectivity index (χ2v) is 9.13. The summed E-state index contributed by atoms with van der Waals surface area (Å²) in [4.78, 5) is 31.1. The van der Waals surface area contributed by atoms with Crippen LogP contribution in [0.5, 0.6) is 5.75 Å². The van der Waals surface area contributed by atoms with E-state index in [1.54, 1.807) is 17.0 Å². The van der Waals surface area contributed by atoms with E-state index in [4.69, 9.17) is 5.73 Å². The van der Waals surface area contributed by atoms with Crippen molar-refractivity contribution in [3.63, 3.8) is 0 Å². The van der Waals surface area contributed by atoms with Crippen molar-refractivity contribution in [3.8, 4) is 11.8 Å². The van der Waals surface area contributed by atoms with Gasteiger partial charge in [-0.15, -0.1) is 0 Å². The van der Waals surface area contributed by atoms with Gasteiger partial charge in [0.15, 0.2) is 5.13 Å². The fourth-order valence-electron chi connectivity index (χ4n) is 3.88. The highest BCUT2D eigenvalue weighted by atomic mass is 32.1. The Morgan fingerprint density at radius 1 is 1.19 bits per heavy atom. The van der Waals surface area contributed by atoms with Crippen LogP contribution in [0.25, 0.3) is 6.08 Å². The van der Waals surface area contributed by atoms with Gasteiger partial charge in [0.2, 0.25) is 5.78 Å². The first kappa shape index (κ1) is 24.8. The SMILES string of the molecule is N#C/C(=C\c1cccc(O)c1)C(=O)N1CCC(Nc2nc(N)c(C(=O)c3c(F)cccc3F)s2)CC1. The van der Waals surface area contributed by atoms with E-state index in [9.17, 15) is 28.7 Å². The maximum absolute atomic E-state index is 14.0. The van der Waals surface area contributed by atoms with Gasteiger partial charge in [0.1, 0.15) is 39.7 Å². The van der Waals surface area contributed by atoms with Crippen LogP contribution in [0.3, 0.4) is 0 Å². The number of piperidine rings is 1. The molecule has 184 valence electrons. The van der Waals surface area contributed by atoms with Crippen LogP contribution in [0, 0.1) is 23.0 Å². The molecule has 0 unspecified atom stereocenters. The van der Waals surface area contributed by atoms with Gasteiger partial charge in [0, 0.05) is 19.1 Å². The molecule has 1 aromatic heterocycles. The zero-order chi connectivity index (χ0) is 25.8. The van der Waals surface area contributed by atoms with Gasteiger partial charge in [-0.2, -0.15) is 5.26 Å². The number of halogens is 2. The molecule has 4 N–H and O–H groups in total. The van der Waals surface area contributed by atoms with Crippen molar-refractivity contribution in [2.24, 2.45) is 0 Å². The first-order chi connectivity index (χ1) is 17.3. The summed E-state index contributed by atoms with van der Waals surface area (Å²) < 4.78 is 28.0. The van der Waals surface area contributed by atoms with E-state index < -0.39 is 28.9 Å². The number of nitrogens with zero attached hydrogens (tertiary/aromatic N) is 3. The molecule has 1 aliphatic rings. The molecular weight excluding hydrogens is 488 g/mol. The van der Waals surface area contributed by atoms with Crippen LogP contribution in [0.1, 0.15) is 33.6 Å². The monoisotopic (exact) mass is 509 g/mol. The fourth-order valence-corrected chi connectivity index (χ4v) is 4.79. The quantitative estimate of drug-likeness (QED) is 0.260. The minimum Gasteiger partial charge on any atom is -0.508 e. The highest BCUT2D eigenvalue weighted by molar-refractivity contribution is 7.18. The summed E-state index contributed by atoms with van der Waals surface area (Å²) in [5, 5.41) is 22.6. The Labute approximate surface area is 209 Å². The van der Waals surface area contributed by atoms with Crippen LogP contribution in [-0.4, -0.2) is 45.8 Å². The number of thiazole rings is 1. The number of nitriles is 1. The molecule has 36 heavy (non-hydrogen) atoms. The van der Waals surface area contributed by atoms with Gasteiger partial charge in [0.05, 0.1) is 5.56 Å². The van der Waals surface area contributed by atoms with Crippen molar-refractivity contribution in [3.05, 3.63) is 75.7 Å². The van der Waals surface area contributed by atoms with E-state index in [0.717, 1.165) is 23.5 Å². The fraction of sp³-hybridized carbons (Fsp3) is 0.200. The number of nitrogen functional groups attached to an aromatic ring is 1. The maximum atomic E-state index is 14.0. The number of nitrogens with two attached hydrogens (primary N) is 1. The third kappa shape index (κ3) is 5.34. The third-order valence-corrected chi connectivity index (χ3v) is 6.69. The van der Waals surface area contributed by atoms with Crippen LogP contribution >= 0.6 is 11.3 Å². The van der Waals surface area contributed by atoms with E-state index in [0.29, 0.717) is 36.6 Å². The summed E-state index contributed by atoms with van der Waals surface area (Å²) in [6.45, 7) is 0.755. The highest BCUT2D eigenvalue weighted by Crippen LogP contribution is 2.30. The predicted octanol–water partition coefficient (Wildman–Crippen LogP) is 3.95. The molecule has 1 fully saturated rings. The number of rotatable bonds is 6. The Morgan fingerprint density at radius 2 is 1.86 bits per heavy atom. The van der Waals surface area contributed by atoms with Gasteiger partial charge >= 0.3 is 0 Å². The number of anilines is 2. The van der Waals surface area contributed by atoms with Gasteiger partial charge in [-0.25, -0.2) is 13.8 Å². The molecule has 1 aliphatic heterocycles. The number of aromatic hydroxyl groups is 1. The first-order valence-electron chi connectivity index (χ1n) is 11.0. The molecule has 1 saturated heterocycles. The molecule has 0 radical (unpaired) electrons. The third-order valence-electron chi connectivity index (χ3n) is 5.69. The van der Waals surface area contributed by atoms with Crippen molar-refractivity contribution in [1.82, 2.24) is 9.88 Å². The Morgan fingerprint density at radius 3 is 2.50 bits per heavy atom. The number of amides is 1. The first-order valence-corrected chi connectivity index (χ1v) is 11.8. The number of nitrogens with one attached hydrogen (secondary N) is 1. The number of carbonyl (C=O) groups excluding carboxylic acids is 2. The van der Waals surface area contributed by atoms with Crippen molar-refractivity contribution in [1.29, 1.82) is 5.26 Å². The number of likely N-dealkylation sites (tertiary alicyclic amines) is 1. The Kier molecular flexibility index (Phi) is 7.26. The average Bonchev–Trinajstić information content (AvgIpc) is 3.22. The van der Waals surface area contributed by atoms with Crippen LogP contribution in [0.2, 0.25) is 0 Å². The minimum atomic E-state index is -0.978. The lowest BCUT2D eigenvalue weighted by molar-refractivity contribution is -0.127. The van der Waals surface area contributed by atoms with Gasteiger partial charge in [0.25, 0.3) is 5.91 Å². The lowest BCUT2D eigenvalue weighted by atomic mass is 10.0. The standard InChI is InChI=1S/C25H21F2N5O3S/c26-18-5-2-6-19(27)20(18)21(34)22-23(29)31-25(36-22)30-16-7-9-32(10-8-16)24(35)15(13-28)11-14-3-1-4-17(33)12-14/h1-6,11-12,16,33H,7-10,29H2,(H,30,31)/b15-11+. The van der Waals surface area contributed by atoms with Crippen molar-refractivity contribution >= 4 is 40.1 Å². The van der Waals surface area contributed by atoms with E-state index in [1.165, 1.54) is 24.3 Å². The Hall–Kier alpha value is -4.30. The molecule has 4 rings (SSSR count). The zero-order valence-corrected chi connectivity index (χ0v) is 19.7. The number of ketones is 1. The van der Waals surface area contributed by atoms with Gasteiger partial charge < -0.3 is 21.1 Å². The second kappa shape index (κ2) is 10.5. The maximum Gasteiger partial charge on any atom is 0.264 e. The van der Waals surface area contributed by atoms with Crippen molar-refractivity contribution in [2.45, 2.75) is 18.9 Å². The Bertz CT molecular complexity index is 1370. The van der Waals surface area contributed by atoms with Crippen molar-refractivity contribution < 1.29 is 23.5 Å². The Balaban J connectivity index is 1.39. The number of hydrogen-bond donors (Lipinski definition) is 3. The molecule has 0 bridgehead atoms. The summed E-state index contributed by atoms with van der Waals surface area (Å²) in [5.41, 5.74) is 5.68. The van der Waals surface area contributed by atoms with Crippen LogP contribution in [0.4, 0.5) is 19.7 Å². The zero-order valence-electron chi connectivity index (χ0n) is 18.9. The second-order valence-electron chi connectivity index (χ2n) is 8.13. The van der Waals surface area contributed by atoms with Crippen molar-refractivity contribution in [2.75, 3.05) is 24.1 Å². The van der Waals surface area contributed by atoms with E-state index in [2.05, 4.69) is 10.3 Å². The minimum absolute atomic E-state index is 0.0343. The molecule has 2 heterocycles. The van der Waals surface area contributed by atoms with Gasteiger partial charge in [-0.3, -0.25) is 9.59 Å². The smallest absolute Gasteiger partial charge is 0.264 e. The molecule has 0 spiro atoms. The number of carbonyl (C=O) groups is 2. The molecule has 11 heteroatoms. The lowest BCUT2D eigenvalue weighted by Crippen LogP contribution is -2.42. The summed E-state index contributed by atoms with van der Waals surface area (Å²) >= 11 is 0.908. The summed E-state index contributed by atoms with van der Waals surface area (Å²) in [6.07, 6.45) is 2.52. The largest absolute Gasteiger partial charge is 0.508 e. The molecule has 8 nitrogen and oxygen atoms in total. The number of phenols is 1. The van der Waals surface area contributed by atoms with E-state index >= 15 is 0 Å². The molecule has 0 aliphatic carbocycles.